The van der Waals surface area contributed by atoms with Gasteiger partial charge in [-0.05, 0) is 43.9 Å². The molecule has 26 heavy (non-hydrogen) atoms. The minimum atomic E-state index is -1.03. The molecule has 1 amide bonds. The summed E-state index contributed by atoms with van der Waals surface area (Å²) in [6.07, 6.45) is 1.89. The van der Waals surface area contributed by atoms with Crippen LogP contribution < -0.4 is 4.74 Å². The third-order valence-electron chi connectivity index (χ3n) is 4.79. The Labute approximate surface area is 153 Å². The van der Waals surface area contributed by atoms with Gasteiger partial charge >= 0.3 is 0 Å². The van der Waals surface area contributed by atoms with Crippen molar-refractivity contribution in [3.8, 4) is 5.75 Å². The number of amides is 1. The second-order valence-corrected chi connectivity index (χ2v) is 7.04. The molecule has 1 aromatic heterocycles. The third-order valence-corrected chi connectivity index (χ3v) is 4.79. The highest BCUT2D eigenvalue weighted by molar-refractivity contribution is 5.79. The van der Waals surface area contributed by atoms with Crippen LogP contribution in [-0.2, 0) is 17.6 Å². The van der Waals surface area contributed by atoms with E-state index in [2.05, 4.69) is 10.1 Å². The lowest BCUT2D eigenvalue weighted by Crippen LogP contribution is -2.51. The van der Waals surface area contributed by atoms with Crippen molar-refractivity contribution in [3.63, 3.8) is 0 Å². The van der Waals surface area contributed by atoms with E-state index in [0.717, 1.165) is 23.3 Å². The molecule has 1 aromatic carbocycles. The summed E-state index contributed by atoms with van der Waals surface area (Å²) in [7, 11) is 1.62. The van der Waals surface area contributed by atoms with Crippen molar-refractivity contribution < 1.29 is 19.2 Å². The van der Waals surface area contributed by atoms with Crippen molar-refractivity contribution in [2.75, 3.05) is 20.2 Å². The van der Waals surface area contributed by atoms with E-state index in [4.69, 9.17) is 9.26 Å². The number of likely N-dealkylation sites (tertiary alicyclic amines) is 1. The fourth-order valence-electron chi connectivity index (χ4n) is 3.42. The topological polar surface area (TPSA) is 88.7 Å². The van der Waals surface area contributed by atoms with E-state index in [-0.39, 0.29) is 25.3 Å². The number of rotatable bonds is 5. The fraction of sp³-hybridized carbons (Fsp3) is 0.526. The first kappa shape index (κ1) is 18.4. The summed E-state index contributed by atoms with van der Waals surface area (Å²) in [5, 5.41) is 14.7. The Hall–Kier alpha value is -2.41. The third kappa shape index (κ3) is 4.22. The molecule has 140 valence electrons. The number of ether oxygens (including phenoxy) is 1. The standard InChI is InChI=1S/C19H25N3O4/c1-13-5-6-15(9-16(13)25-3)10-18(23)22-8-4-7-19(24,12-22)11-17-20-14(2)21-26-17/h5-6,9,24H,4,7-8,10-12H2,1-3H3. The molecule has 2 heterocycles. The Balaban J connectivity index is 1.65. The maximum Gasteiger partial charge on any atom is 0.229 e. The number of methoxy groups -OCH3 is 1. The molecule has 1 saturated heterocycles. The lowest BCUT2D eigenvalue weighted by Gasteiger charge is -2.38. The van der Waals surface area contributed by atoms with Crippen LogP contribution in [0.3, 0.4) is 0 Å². The van der Waals surface area contributed by atoms with Crippen LogP contribution in [0.2, 0.25) is 0 Å². The summed E-state index contributed by atoms with van der Waals surface area (Å²) in [4.78, 5) is 18.6. The number of hydrogen-bond acceptors (Lipinski definition) is 6. The second kappa shape index (κ2) is 7.45. The molecule has 0 bridgehead atoms. The summed E-state index contributed by atoms with van der Waals surface area (Å²) in [6.45, 7) is 4.63. The quantitative estimate of drug-likeness (QED) is 0.876. The predicted octanol–water partition coefficient (Wildman–Crippen LogP) is 1.83. The zero-order valence-electron chi connectivity index (χ0n) is 15.5. The molecule has 1 atom stereocenters. The molecular weight excluding hydrogens is 334 g/mol. The summed E-state index contributed by atoms with van der Waals surface area (Å²) < 4.78 is 10.4. The van der Waals surface area contributed by atoms with Crippen LogP contribution in [0.1, 0.15) is 35.7 Å². The molecule has 0 radical (unpaired) electrons. The van der Waals surface area contributed by atoms with Gasteiger partial charge in [-0.25, -0.2) is 0 Å². The second-order valence-electron chi connectivity index (χ2n) is 7.04. The van der Waals surface area contributed by atoms with Crippen LogP contribution in [0.25, 0.3) is 0 Å². The Morgan fingerprint density at radius 3 is 2.92 bits per heavy atom. The molecule has 7 heteroatoms. The van der Waals surface area contributed by atoms with Crippen molar-refractivity contribution in [3.05, 3.63) is 41.0 Å². The zero-order chi connectivity index (χ0) is 18.7. The van der Waals surface area contributed by atoms with Gasteiger partial charge in [0.2, 0.25) is 11.8 Å². The van der Waals surface area contributed by atoms with Gasteiger partial charge in [0.1, 0.15) is 5.75 Å². The van der Waals surface area contributed by atoms with Crippen LogP contribution in [0.4, 0.5) is 0 Å². The van der Waals surface area contributed by atoms with Crippen molar-refractivity contribution in [1.29, 1.82) is 0 Å². The summed E-state index contributed by atoms with van der Waals surface area (Å²) >= 11 is 0. The normalized spacial score (nSPS) is 20.2. The van der Waals surface area contributed by atoms with Gasteiger partial charge in [0.25, 0.3) is 0 Å². The highest BCUT2D eigenvalue weighted by Gasteiger charge is 2.36. The van der Waals surface area contributed by atoms with Crippen LogP contribution in [0, 0.1) is 13.8 Å². The minimum Gasteiger partial charge on any atom is -0.496 e. The van der Waals surface area contributed by atoms with Crippen LogP contribution in [0.5, 0.6) is 5.75 Å². The number of benzene rings is 1. The van der Waals surface area contributed by atoms with Gasteiger partial charge < -0.3 is 19.3 Å². The molecule has 1 aliphatic heterocycles. The zero-order valence-corrected chi connectivity index (χ0v) is 15.5. The average Bonchev–Trinajstić information content (AvgIpc) is 3.00. The lowest BCUT2D eigenvalue weighted by molar-refractivity contribution is -0.137. The van der Waals surface area contributed by atoms with Gasteiger partial charge in [-0.3, -0.25) is 4.79 Å². The number of aryl methyl sites for hydroxylation is 2. The number of aliphatic hydroxyl groups is 1. The number of piperidine rings is 1. The first-order valence-electron chi connectivity index (χ1n) is 8.81. The molecule has 1 unspecified atom stereocenters. The van der Waals surface area contributed by atoms with Crippen LogP contribution in [-0.4, -0.2) is 51.9 Å². The number of aromatic nitrogens is 2. The van der Waals surface area contributed by atoms with Gasteiger partial charge in [-0.1, -0.05) is 17.3 Å². The minimum absolute atomic E-state index is 0.00394. The van der Waals surface area contributed by atoms with Gasteiger partial charge in [0.15, 0.2) is 5.82 Å². The van der Waals surface area contributed by atoms with E-state index in [1.807, 2.05) is 25.1 Å². The Bertz CT molecular complexity index is 789. The first-order valence-corrected chi connectivity index (χ1v) is 8.81. The molecule has 3 rings (SSSR count). The van der Waals surface area contributed by atoms with E-state index in [1.54, 1.807) is 18.9 Å². The molecule has 7 nitrogen and oxygen atoms in total. The molecule has 0 spiro atoms. The number of carbonyl (C=O) groups excluding carboxylic acids is 1. The molecule has 1 fully saturated rings. The number of nitrogens with zero attached hydrogens (tertiary/aromatic N) is 3. The first-order chi connectivity index (χ1) is 12.4. The maximum atomic E-state index is 12.7. The van der Waals surface area contributed by atoms with Crippen molar-refractivity contribution in [2.24, 2.45) is 0 Å². The highest BCUT2D eigenvalue weighted by atomic mass is 16.5. The van der Waals surface area contributed by atoms with E-state index in [9.17, 15) is 9.90 Å². The average molecular weight is 359 g/mol. The maximum absolute atomic E-state index is 12.7. The summed E-state index contributed by atoms with van der Waals surface area (Å²) in [5.41, 5.74) is 0.905. The SMILES string of the molecule is COc1cc(CC(=O)N2CCCC(O)(Cc3nc(C)no3)C2)ccc1C. The molecular formula is C19H25N3O4. The van der Waals surface area contributed by atoms with Gasteiger partial charge in [-0.2, -0.15) is 4.98 Å². The van der Waals surface area contributed by atoms with Crippen molar-refractivity contribution in [2.45, 2.75) is 45.1 Å². The molecule has 1 N–H and O–H groups in total. The van der Waals surface area contributed by atoms with Crippen LogP contribution >= 0.6 is 0 Å². The summed E-state index contributed by atoms with van der Waals surface area (Å²) in [5.74, 6) is 1.72. The molecule has 0 saturated carbocycles. The van der Waals surface area contributed by atoms with E-state index in [0.29, 0.717) is 24.7 Å². The highest BCUT2D eigenvalue weighted by Crippen LogP contribution is 2.26. The summed E-state index contributed by atoms with van der Waals surface area (Å²) in [6, 6.07) is 5.78. The van der Waals surface area contributed by atoms with E-state index < -0.39 is 5.60 Å². The monoisotopic (exact) mass is 359 g/mol. The largest absolute Gasteiger partial charge is 0.496 e. The number of β-amino-alcohol motifs (C(OH)–C–C–N with tert-alkyl or cyclic N) is 1. The van der Waals surface area contributed by atoms with Crippen molar-refractivity contribution >= 4 is 5.91 Å². The van der Waals surface area contributed by atoms with Crippen molar-refractivity contribution in [1.82, 2.24) is 15.0 Å². The van der Waals surface area contributed by atoms with E-state index >= 15 is 0 Å². The predicted molar refractivity (Wildman–Crippen MR) is 94.9 cm³/mol. The Kier molecular flexibility index (Phi) is 5.27. The molecule has 1 aliphatic rings. The molecule has 2 aromatic rings. The smallest absolute Gasteiger partial charge is 0.229 e. The molecule has 0 aliphatic carbocycles. The number of hydrogen-bond donors (Lipinski definition) is 1. The van der Waals surface area contributed by atoms with Crippen LogP contribution in [0.15, 0.2) is 22.7 Å². The van der Waals surface area contributed by atoms with Gasteiger partial charge in [-0.15, -0.1) is 0 Å². The Morgan fingerprint density at radius 1 is 1.42 bits per heavy atom. The number of carbonyl (C=O) groups is 1. The fourth-order valence-corrected chi connectivity index (χ4v) is 3.42. The van der Waals surface area contributed by atoms with E-state index in [1.165, 1.54) is 0 Å². The lowest BCUT2D eigenvalue weighted by atomic mass is 9.89. The van der Waals surface area contributed by atoms with Gasteiger partial charge in [0, 0.05) is 13.1 Å². The Morgan fingerprint density at radius 2 is 2.23 bits per heavy atom. The van der Waals surface area contributed by atoms with Gasteiger partial charge in [0.05, 0.1) is 25.6 Å².